The average Bonchev–Trinajstić information content (AvgIpc) is 2.82. The fourth-order valence-corrected chi connectivity index (χ4v) is 8.84. The summed E-state index contributed by atoms with van der Waals surface area (Å²) in [5, 5.41) is 0. The maximum atomic E-state index is 13.5. The third-order valence-electron chi connectivity index (χ3n) is 9.97. The smallest absolute Gasteiger partial charge is 0.320 e. The molecule has 2 saturated carbocycles. The quantitative estimate of drug-likeness (QED) is 0.614. The SMILES string of the molecule is C[C@@H]1CC[C@@H]2C[C@H]1C[C@@H](N1[C@H]3CC[C@@H](C)[C@@H]1C[C@H](n1c(=O)c(P(=O)(O)O)nc4ccccc41)C3)C2. The fraction of sp³-hybridized carbons (Fsp3) is 0.704. The molecule has 2 saturated heterocycles. The van der Waals surface area contributed by atoms with Crippen LogP contribution < -0.4 is 11.0 Å². The third kappa shape index (κ3) is 4.13. The van der Waals surface area contributed by atoms with Crippen molar-refractivity contribution in [3.8, 4) is 0 Å². The van der Waals surface area contributed by atoms with E-state index in [1.807, 2.05) is 12.1 Å². The molecule has 4 fully saturated rings. The standard InChI is InChI=1S/C27H38N3O4P/c1-16-7-9-18-11-19(16)13-21(12-18)29-20-10-8-17(2)25(29)15-22(14-20)30-24-6-4-3-5-23(24)28-26(27(30)31)35(32,33)34/h3-6,16-22,25H,7-15H2,1-2H3,(H2,32,33,34)/t16-,17-,18-,19+,20+,21+,22-,25+/m1/s1. The number of benzene rings is 1. The van der Waals surface area contributed by atoms with E-state index in [0.717, 1.165) is 37.0 Å². The van der Waals surface area contributed by atoms with E-state index < -0.39 is 18.6 Å². The van der Waals surface area contributed by atoms with Crippen LogP contribution in [0.25, 0.3) is 11.0 Å². The van der Waals surface area contributed by atoms with Crippen LogP contribution in [0.3, 0.4) is 0 Å². The van der Waals surface area contributed by atoms with Crippen molar-refractivity contribution in [2.75, 3.05) is 0 Å². The molecule has 0 unspecified atom stereocenters. The van der Waals surface area contributed by atoms with Gasteiger partial charge in [-0.3, -0.25) is 14.3 Å². The Bertz CT molecular complexity index is 1220. The number of para-hydroxylation sites is 2. The lowest BCUT2D eigenvalue weighted by molar-refractivity contribution is -0.0743. The molecule has 4 aliphatic rings. The van der Waals surface area contributed by atoms with Gasteiger partial charge in [-0.15, -0.1) is 0 Å². The maximum absolute atomic E-state index is 13.5. The second-order valence-electron chi connectivity index (χ2n) is 12.0. The van der Waals surface area contributed by atoms with E-state index >= 15 is 0 Å². The molecule has 8 atom stereocenters. The Labute approximate surface area is 207 Å². The molecule has 8 heteroatoms. The summed E-state index contributed by atoms with van der Waals surface area (Å²) < 4.78 is 13.9. The van der Waals surface area contributed by atoms with Crippen molar-refractivity contribution in [3.05, 3.63) is 34.6 Å². The van der Waals surface area contributed by atoms with E-state index in [9.17, 15) is 19.1 Å². The lowest BCUT2D eigenvalue weighted by Gasteiger charge is -2.57. The fourth-order valence-electron chi connectivity index (χ4n) is 8.25. The highest BCUT2D eigenvalue weighted by atomic mass is 31.2. The summed E-state index contributed by atoms with van der Waals surface area (Å²) in [6, 6.07) is 8.67. The molecule has 190 valence electrons. The molecule has 1 aromatic carbocycles. The lowest BCUT2D eigenvalue weighted by Crippen LogP contribution is -2.61. The molecule has 1 aromatic heterocycles. The van der Waals surface area contributed by atoms with Gasteiger partial charge >= 0.3 is 7.60 Å². The zero-order chi connectivity index (χ0) is 24.5. The Morgan fingerprint density at radius 2 is 1.66 bits per heavy atom. The molecule has 2 aromatic rings. The molecule has 3 heterocycles. The van der Waals surface area contributed by atoms with Crippen LogP contribution in [-0.2, 0) is 4.57 Å². The minimum Gasteiger partial charge on any atom is -0.320 e. The van der Waals surface area contributed by atoms with Gasteiger partial charge in [0.1, 0.15) is 0 Å². The van der Waals surface area contributed by atoms with Crippen LogP contribution in [0.1, 0.15) is 77.7 Å². The van der Waals surface area contributed by atoms with Crippen LogP contribution >= 0.6 is 7.60 Å². The van der Waals surface area contributed by atoms with E-state index in [1.54, 1.807) is 16.7 Å². The van der Waals surface area contributed by atoms with Crippen LogP contribution in [0.2, 0.25) is 0 Å². The van der Waals surface area contributed by atoms with E-state index in [-0.39, 0.29) is 6.04 Å². The number of nitrogens with zero attached hydrogens (tertiary/aromatic N) is 3. The molecule has 6 rings (SSSR count). The zero-order valence-corrected chi connectivity index (χ0v) is 21.7. The zero-order valence-electron chi connectivity index (χ0n) is 20.8. The highest BCUT2D eigenvalue weighted by Gasteiger charge is 2.48. The molecule has 35 heavy (non-hydrogen) atoms. The van der Waals surface area contributed by atoms with Crippen LogP contribution in [-0.4, -0.2) is 42.4 Å². The van der Waals surface area contributed by atoms with Crippen LogP contribution in [0, 0.1) is 23.7 Å². The van der Waals surface area contributed by atoms with Crippen molar-refractivity contribution in [1.82, 2.24) is 14.5 Å². The molecular formula is C27H38N3O4P. The predicted molar refractivity (Wildman–Crippen MR) is 137 cm³/mol. The van der Waals surface area contributed by atoms with Gasteiger partial charge in [0, 0.05) is 24.2 Å². The van der Waals surface area contributed by atoms with Crippen molar-refractivity contribution in [3.63, 3.8) is 0 Å². The maximum Gasteiger partial charge on any atom is 0.380 e. The van der Waals surface area contributed by atoms with Crippen LogP contribution in [0.15, 0.2) is 29.1 Å². The first-order chi connectivity index (χ1) is 16.7. The van der Waals surface area contributed by atoms with Gasteiger partial charge in [-0.2, -0.15) is 0 Å². The summed E-state index contributed by atoms with van der Waals surface area (Å²) in [4.78, 5) is 40.2. The van der Waals surface area contributed by atoms with Crippen molar-refractivity contribution in [1.29, 1.82) is 0 Å². The summed E-state index contributed by atoms with van der Waals surface area (Å²) in [7, 11) is -4.78. The minimum absolute atomic E-state index is 0.0725. The van der Waals surface area contributed by atoms with E-state index in [0.29, 0.717) is 35.1 Å². The van der Waals surface area contributed by atoms with E-state index in [2.05, 4.69) is 23.7 Å². The molecular weight excluding hydrogens is 461 g/mol. The molecule has 2 aliphatic carbocycles. The summed E-state index contributed by atoms with van der Waals surface area (Å²) in [5.74, 6) is 3.09. The summed E-state index contributed by atoms with van der Waals surface area (Å²) in [6.45, 7) is 4.80. The molecule has 0 radical (unpaired) electrons. The normalized spacial score (nSPS) is 37.9. The van der Waals surface area contributed by atoms with Gasteiger partial charge < -0.3 is 14.4 Å². The Kier molecular flexibility index (Phi) is 5.99. The second-order valence-corrected chi connectivity index (χ2v) is 13.5. The van der Waals surface area contributed by atoms with Crippen molar-refractivity contribution < 1.29 is 14.4 Å². The molecule has 0 spiro atoms. The predicted octanol–water partition coefficient (Wildman–Crippen LogP) is 4.22. The molecule has 2 N–H and O–H groups in total. The summed E-state index contributed by atoms with van der Waals surface area (Å²) >= 11 is 0. The van der Waals surface area contributed by atoms with Gasteiger partial charge in [0.2, 0.25) is 5.44 Å². The van der Waals surface area contributed by atoms with E-state index in [4.69, 9.17) is 0 Å². The van der Waals surface area contributed by atoms with Crippen LogP contribution in [0.5, 0.6) is 0 Å². The highest BCUT2D eigenvalue weighted by molar-refractivity contribution is 7.59. The Morgan fingerprint density at radius 3 is 2.46 bits per heavy atom. The second kappa shape index (κ2) is 8.79. The number of fused-ring (bicyclic) bond motifs is 5. The average molecular weight is 500 g/mol. The number of hydrogen-bond acceptors (Lipinski definition) is 4. The first kappa shape index (κ1) is 23.8. The number of aromatic nitrogens is 2. The Morgan fingerprint density at radius 1 is 0.886 bits per heavy atom. The largest absolute Gasteiger partial charge is 0.380 e. The highest BCUT2D eigenvalue weighted by Crippen LogP contribution is 2.50. The van der Waals surface area contributed by atoms with Gasteiger partial charge in [0.15, 0.2) is 0 Å². The lowest BCUT2D eigenvalue weighted by atomic mass is 9.64. The van der Waals surface area contributed by atoms with Crippen molar-refractivity contribution in [2.45, 2.75) is 95.8 Å². The van der Waals surface area contributed by atoms with Crippen molar-refractivity contribution in [2.24, 2.45) is 23.7 Å². The van der Waals surface area contributed by atoms with Gasteiger partial charge in [-0.25, -0.2) is 4.98 Å². The van der Waals surface area contributed by atoms with Gasteiger partial charge in [-0.05, 0) is 80.8 Å². The summed E-state index contributed by atoms with van der Waals surface area (Å²) in [6.07, 6.45) is 10.9. The first-order valence-electron chi connectivity index (χ1n) is 13.6. The topological polar surface area (TPSA) is 95.7 Å². The van der Waals surface area contributed by atoms with Gasteiger partial charge in [0.25, 0.3) is 5.56 Å². The first-order valence-corrected chi connectivity index (χ1v) is 15.2. The monoisotopic (exact) mass is 499 g/mol. The molecule has 7 nitrogen and oxygen atoms in total. The molecule has 4 bridgehead atoms. The Hall–Kier alpha value is -1.53. The van der Waals surface area contributed by atoms with Crippen molar-refractivity contribution >= 4 is 24.1 Å². The number of piperidine rings is 2. The van der Waals surface area contributed by atoms with E-state index in [1.165, 1.54) is 38.5 Å². The van der Waals surface area contributed by atoms with Gasteiger partial charge in [0.05, 0.1) is 11.0 Å². The summed E-state index contributed by atoms with van der Waals surface area (Å²) in [5.41, 5.74) is -0.0896. The van der Waals surface area contributed by atoms with Gasteiger partial charge in [-0.1, -0.05) is 38.8 Å². The minimum atomic E-state index is -4.78. The molecule has 2 aliphatic heterocycles. The molecule has 0 amide bonds. The number of rotatable bonds is 3. The third-order valence-corrected chi connectivity index (χ3v) is 10.8. The number of hydrogen-bond donors (Lipinski definition) is 2. The van der Waals surface area contributed by atoms with Crippen LogP contribution in [0.4, 0.5) is 0 Å². The Balaban J connectivity index is 1.38.